The van der Waals surface area contributed by atoms with Gasteiger partial charge in [-0.05, 0) is 44.0 Å². The van der Waals surface area contributed by atoms with Crippen LogP contribution in [0.4, 0.5) is 13.2 Å². The highest BCUT2D eigenvalue weighted by atomic mass is 19.4. The first kappa shape index (κ1) is 16.0. The number of pyridine rings is 1. The van der Waals surface area contributed by atoms with E-state index in [0.29, 0.717) is 5.69 Å². The number of aromatic amines is 1. The average Bonchev–Trinajstić information content (AvgIpc) is 3.05. The van der Waals surface area contributed by atoms with Crippen LogP contribution in [-0.4, -0.2) is 33.2 Å². The van der Waals surface area contributed by atoms with E-state index in [1.165, 1.54) is 0 Å². The second kappa shape index (κ2) is 6.31. The third-order valence-electron chi connectivity index (χ3n) is 4.50. The number of hydrogen-bond acceptors (Lipinski definition) is 3. The largest absolute Gasteiger partial charge is 0.435 e. The van der Waals surface area contributed by atoms with Crippen molar-refractivity contribution in [2.24, 2.45) is 0 Å². The van der Waals surface area contributed by atoms with Crippen LogP contribution in [0, 0.1) is 0 Å². The third-order valence-corrected chi connectivity index (χ3v) is 4.50. The third kappa shape index (κ3) is 3.55. The molecule has 0 radical (unpaired) electrons. The van der Waals surface area contributed by atoms with Gasteiger partial charge in [0.2, 0.25) is 0 Å². The summed E-state index contributed by atoms with van der Waals surface area (Å²) in [5.41, 5.74) is 0.846. The van der Waals surface area contributed by atoms with Crippen molar-refractivity contribution in [1.29, 1.82) is 0 Å². The predicted molar refractivity (Wildman–Crippen MR) is 79.8 cm³/mol. The molecule has 7 heteroatoms. The number of alkyl halides is 3. The van der Waals surface area contributed by atoms with Gasteiger partial charge in [0.1, 0.15) is 0 Å². The summed E-state index contributed by atoms with van der Waals surface area (Å²) < 4.78 is 38.1. The Kier molecular flexibility index (Phi) is 4.39. The van der Waals surface area contributed by atoms with Crippen molar-refractivity contribution in [3.63, 3.8) is 0 Å². The Hall–Kier alpha value is -1.89. The van der Waals surface area contributed by atoms with E-state index in [-0.39, 0.29) is 12.0 Å². The van der Waals surface area contributed by atoms with Crippen LogP contribution in [-0.2, 0) is 6.18 Å². The normalized spacial score (nSPS) is 21.3. The van der Waals surface area contributed by atoms with Crippen molar-refractivity contribution in [3.8, 4) is 0 Å². The summed E-state index contributed by atoms with van der Waals surface area (Å²) in [7, 11) is 0. The number of hydrogen-bond donors (Lipinski definition) is 1. The SMILES string of the molecule is C[C@H](c1cccnc1)N1CCC[C@@H](c2cc(C(F)(F)F)n[nH]2)C1. The van der Waals surface area contributed by atoms with Gasteiger partial charge in [-0.3, -0.25) is 15.0 Å². The molecule has 3 heterocycles. The Morgan fingerprint density at radius 2 is 2.22 bits per heavy atom. The van der Waals surface area contributed by atoms with E-state index in [0.717, 1.165) is 37.6 Å². The maximum absolute atomic E-state index is 12.7. The van der Waals surface area contributed by atoms with Crippen molar-refractivity contribution in [3.05, 3.63) is 47.5 Å². The molecule has 1 aliphatic heterocycles. The van der Waals surface area contributed by atoms with Crippen LogP contribution < -0.4 is 0 Å². The molecule has 2 atom stereocenters. The van der Waals surface area contributed by atoms with Gasteiger partial charge in [-0.15, -0.1) is 0 Å². The van der Waals surface area contributed by atoms with Gasteiger partial charge in [0.25, 0.3) is 0 Å². The van der Waals surface area contributed by atoms with Crippen LogP contribution in [0.2, 0.25) is 0 Å². The van der Waals surface area contributed by atoms with Crippen molar-refractivity contribution < 1.29 is 13.2 Å². The number of aromatic nitrogens is 3. The Balaban J connectivity index is 1.72. The van der Waals surface area contributed by atoms with Crippen LogP contribution in [0.25, 0.3) is 0 Å². The molecular formula is C16H19F3N4. The molecule has 3 rings (SSSR count). The second-order valence-corrected chi connectivity index (χ2v) is 6.00. The van der Waals surface area contributed by atoms with Gasteiger partial charge in [-0.25, -0.2) is 0 Å². The summed E-state index contributed by atoms with van der Waals surface area (Å²) in [5, 5.41) is 5.98. The first-order valence-electron chi connectivity index (χ1n) is 7.71. The molecule has 4 nitrogen and oxygen atoms in total. The van der Waals surface area contributed by atoms with E-state index in [9.17, 15) is 13.2 Å². The minimum Gasteiger partial charge on any atom is -0.296 e. The average molecular weight is 324 g/mol. The molecule has 2 aromatic rings. The number of nitrogens with one attached hydrogen (secondary N) is 1. The number of likely N-dealkylation sites (tertiary alicyclic amines) is 1. The van der Waals surface area contributed by atoms with Crippen molar-refractivity contribution in [2.45, 2.75) is 37.9 Å². The van der Waals surface area contributed by atoms with Crippen LogP contribution in [0.1, 0.15) is 48.7 Å². The number of rotatable bonds is 3. The number of H-pyrrole nitrogens is 1. The Morgan fingerprint density at radius 1 is 1.39 bits per heavy atom. The first-order valence-corrected chi connectivity index (χ1v) is 7.71. The molecule has 2 aromatic heterocycles. The molecule has 1 N–H and O–H groups in total. The summed E-state index contributed by atoms with van der Waals surface area (Å²) >= 11 is 0. The molecule has 0 saturated carbocycles. The topological polar surface area (TPSA) is 44.8 Å². The van der Waals surface area contributed by atoms with Crippen LogP contribution in [0.3, 0.4) is 0 Å². The van der Waals surface area contributed by atoms with Gasteiger partial charge in [0.05, 0.1) is 0 Å². The molecule has 0 bridgehead atoms. The van der Waals surface area contributed by atoms with E-state index >= 15 is 0 Å². The fourth-order valence-corrected chi connectivity index (χ4v) is 3.14. The maximum atomic E-state index is 12.7. The van der Waals surface area contributed by atoms with Crippen molar-refractivity contribution in [2.75, 3.05) is 13.1 Å². The van der Waals surface area contributed by atoms with E-state index < -0.39 is 11.9 Å². The van der Waals surface area contributed by atoms with Crippen LogP contribution in [0.5, 0.6) is 0 Å². The highest BCUT2D eigenvalue weighted by molar-refractivity contribution is 5.18. The molecule has 0 aromatic carbocycles. The maximum Gasteiger partial charge on any atom is 0.435 e. The van der Waals surface area contributed by atoms with Gasteiger partial charge in [-0.2, -0.15) is 18.3 Å². The number of piperidine rings is 1. The highest BCUT2D eigenvalue weighted by Crippen LogP contribution is 2.34. The summed E-state index contributed by atoms with van der Waals surface area (Å²) in [6, 6.07) is 5.26. The summed E-state index contributed by atoms with van der Waals surface area (Å²) in [4.78, 5) is 6.43. The first-order chi connectivity index (χ1) is 10.9. The second-order valence-electron chi connectivity index (χ2n) is 6.00. The van der Waals surface area contributed by atoms with Gasteiger partial charge in [0.15, 0.2) is 5.69 Å². The molecule has 124 valence electrons. The molecule has 1 fully saturated rings. The molecule has 1 aliphatic rings. The summed E-state index contributed by atoms with van der Waals surface area (Å²) in [6.45, 7) is 3.76. The fourth-order valence-electron chi connectivity index (χ4n) is 3.14. The van der Waals surface area contributed by atoms with E-state index in [1.54, 1.807) is 6.20 Å². The van der Waals surface area contributed by atoms with Crippen molar-refractivity contribution >= 4 is 0 Å². The standard InChI is InChI=1S/C16H19F3N4/c1-11(12-4-2-6-20-9-12)23-7-3-5-13(10-23)14-8-15(22-21-14)16(17,18)19/h2,4,6,8-9,11,13H,3,5,7,10H2,1H3,(H,21,22)/t11-,13-/m1/s1. The molecule has 23 heavy (non-hydrogen) atoms. The predicted octanol–water partition coefficient (Wildman–Crippen LogP) is 3.76. The lowest BCUT2D eigenvalue weighted by Gasteiger charge is -2.36. The summed E-state index contributed by atoms with van der Waals surface area (Å²) in [6.07, 6.45) is 1.00. The van der Waals surface area contributed by atoms with Crippen LogP contribution in [0.15, 0.2) is 30.6 Å². The van der Waals surface area contributed by atoms with Gasteiger partial charge in [0, 0.05) is 36.6 Å². The lowest BCUT2D eigenvalue weighted by Crippen LogP contribution is -2.36. The minimum absolute atomic E-state index is 0.0477. The molecule has 0 amide bonds. The lowest BCUT2D eigenvalue weighted by molar-refractivity contribution is -0.141. The Morgan fingerprint density at radius 3 is 2.87 bits per heavy atom. The van der Waals surface area contributed by atoms with E-state index in [1.807, 2.05) is 18.3 Å². The van der Waals surface area contributed by atoms with Crippen molar-refractivity contribution in [1.82, 2.24) is 20.1 Å². The molecule has 0 aliphatic carbocycles. The zero-order valence-corrected chi connectivity index (χ0v) is 12.8. The number of nitrogens with zero attached hydrogens (tertiary/aromatic N) is 3. The Bertz CT molecular complexity index is 638. The minimum atomic E-state index is -4.40. The zero-order chi connectivity index (χ0) is 16.4. The zero-order valence-electron chi connectivity index (χ0n) is 12.8. The van der Waals surface area contributed by atoms with E-state index in [2.05, 4.69) is 27.0 Å². The van der Waals surface area contributed by atoms with Crippen LogP contribution >= 0.6 is 0 Å². The Labute approximate surface area is 132 Å². The monoisotopic (exact) mass is 324 g/mol. The highest BCUT2D eigenvalue weighted by Gasteiger charge is 2.35. The number of halogens is 3. The fraction of sp³-hybridized carbons (Fsp3) is 0.500. The van der Waals surface area contributed by atoms with Gasteiger partial charge in [-0.1, -0.05) is 6.07 Å². The lowest BCUT2D eigenvalue weighted by atomic mass is 9.93. The molecule has 1 saturated heterocycles. The van der Waals surface area contributed by atoms with Gasteiger partial charge < -0.3 is 0 Å². The molecule has 0 spiro atoms. The van der Waals surface area contributed by atoms with Gasteiger partial charge >= 0.3 is 6.18 Å². The summed E-state index contributed by atoms with van der Waals surface area (Å²) in [5.74, 6) is 0.0477. The molecular weight excluding hydrogens is 305 g/mol. The smallest absolute Gasteiger partial charge is 0.296 e. The van der Waals surface area contributed by atoms with E-state index in [4.69, 9.17) is 0 Å². The molecule has 0 unspecified atom stereocenters. The quantitative estimate of drug-likeness (QED) is 0.935.